The number of carboxylic acid groups (broad SMARTS) is 1. The van der Waals surface area contributed by atoms with Gasteiger partial charge in [-0.15, -0.1) is 0 Å². The first-order valence-corrected chi connectivity index (χ1v) is 7.75. The van der Waals surface area contributed by atoms with E-state index in [0.29, 0.717) is 0 Å². The van der Waals surface area contributed by atoms with Crippen molar-refractivity contribution in [2.24, 2.45) is 5.73 Å². The van der Waals surface area contributed by atoms with Gasteiger partial charge in [-0.25, -0.2) is 0 Å². The van der Waals surface area contributed by atoms with E-state index in [1.165, 1.54) is 0 Å². The van der Waals surface area contributed by atoms with E-state index in [1.807, 2.05) is 0 Å². The predicted octanol–water partition coefficient (Wildman–Crippen LogP) is -2.10. The Labute approximate surface area is 139 Å². The molecule has 0 aromatic carbocycles. The summed E-state index contributed by atoms with van der Waals surface area (Å²) in [4.78, 5) is 43.5. The normalized spacial score (nSPS) is 11.9. The van der Waals surface area contributed by atoms with Gasteiger partial charge in [0, 0.05) is 13.3 Å². The Balaban J connectivity index is -0.000000448. The third-order valence-corrected chi connectivity index (χ3v) is 5.53. The van der Waals surface area contributed by atoms with E-state index in [2.05, 4.69) is 0 Å². The zero-order valence-electron chi connectivity index (χ0n) is 9.50. The van der Waals surface area contributed by atoms with Crippen molar-refractivity contribution < 1.29 is 43.7 Å². The Hall–Kier alpha value is 0.950. The number of aliphatic carboxylic acids is 1. The van der Waals surface area contributed by atoms with E-state index in [-0.39, 0.29) is 50.7 Å². The molecule has 8 N–H and O–H groups in total. The predicted molar refractivity (Wildman–Crippen MR) is 69.2 cm³/mol. The van der Waals surface area contributed by atoms with Crippen LogP contribution in [0.25, 0.3) is 0 Å². The molecular weight excluding hydrogens is 332 g/mol. The molecule has 0 aliphatic heterocycles. The number of hydrogen-bond acceptors (Lipinski definition) is 5. The molecule has 19 heavy (non-hydrogen) atoms. The van der Waals surface area contributed by atoms with Crippen molar-refractivity contribution in [2.75, 3.05) is 6.54 Å². The molecule has 0 fully saturated rings. The first-order valence-electron chi connectivity index (χ1n) is 4.53. The summed E-state index contributed by atoms with van der Waals surface area (Å²) in [5.74, 6) is -0.833. The van der Waals surface area contributed by atoms with Crippen LogP contribution in [0.1, 0.15) is 19.8 Å². The van der Waals surface area contributed by atoms with Crippen LogP contribution in [0.3, 0.4) is 0 Å². The summed E-state index contributed by atoms with van der Waals surface area (Å²) in [5.41, 5.74) is 5.01. The Morgan fingerprint density at radius 2 is 1.42 bits per heavy atom. The average Bonchev–Trinajstić information content (AvgIpc) is 2.09. The van der Waals surface area contributed by atoms with Crippen molar-refractivity contribution in [1.29, 1.82) is 0 Å². The summed E-state index contributed by atoms with van der Waals surface area (Å²) < 4.78 is 21.4. The molecule has 0 unspecified atom stereocenters. The SMILES string of the molecule is CC(=O)O.NCCCC(O)(P(=O)(O)O)P(=O)(O)O.[CaH2]. The number of carboxylic acids is 1. The Bertz CT molecular complexity index is 338. The van der Waals surface area contributed by atoms with Crippen LogP contribution in [-0.4, -0.2) is 85.1 Å². The molecule has 13 heteroatoms. The van der Waals surface area contributed by atoms with Crippen molar-refractivity contribution in [2.45, 2.75) is 24.8 Å². The third-order valence-electron chi connectivity index (χ3n) is 1.65. The van der Waals surface area contributed by atoms with Gasteiger partial charge in [-0.2, -0.15) is 0 Å². The fourth-order valence-electron chi connectivity index (χ4n) is 0.800. The first-order chi connectivity index (χ1) is 7.79. The maximum absolute atomic E-state index is 10.7. The molecule has 0 saturated heterocycles. The van der Waals surface area contributed by atoms with Crippen LogP contribution in [0.4, 0.5) is 0 Å². The molecule has 0 amide bonds. The molecular formula is C6H19CaNO9P2. The van der Waals surface area contributed by atoms with Crippen LogP contribution >= 0.6 is 15.2 Å². The van der Waals surface area contributed by atoms with Gasteiger partial charge >= 0.3 is 52.9 Å². The van der Waals surface area contributed by atoms with Gasteiger partial charge in [0.2, 0.25) is 0 Å². The molecule has 0 atom stereocenters. The van der Waals surface area contributed by atoms with Gasteiger partial charge in [-0.05, 0) is 13.0 Å². The monoisotopic (exact) mass is 351 g/mol. The molecule has 0 radical (unpaired) electrons. The minimum absolute atomic E-state index is 0. The average molecular weight is 351 g/mol. The summed E-state index contributed by atoms with van der Waals surface area (Å²) >= 11 is 0. The number of rotatable bonds is 5. The number of hydrogen-bond donors (Lipinski definition) is 7. The number of nitrogens with two attached hydrogens (primary N) is 1. The molecule has 0 spiro atoms. The molecule has 10 nitrogen and oxygen atoms in total. The Morgan fingerprint density at radius 1 is 1.16 bits per heavy atom. The molecule has 114 valence electrons. The van der Waals surface area contributed by atoms with Gasteiger partial charge in [0.1, 0.15) is 0 Å². The van der Waals surface area contributed by atoms with Gasteiger partial charge in [0.15, 0.2) is 0 Å². The molecule has 0 rings (SSSR count). The van der Waals surface area contributed by atoms with Gasteiger partial charge < -0.3 is 35.5 Å². The van der Waals surface area contributed by atoms with Crippen molar-refractivity contribution in [3.63, 3.8) is 0 Å². The van der Waals surface area contributed by atoms with Crippen LogP contribution in [0.5, 0.6) is 0 Å². The van der Waals surface area contributed by atoms with Crippen molar-refractivity contribution in [1.82, 2.24) is 0 Å². The van der Waals surface area contributed by atoms with E-state index >= 15 is 0 Å². The second-order valence-electron chi connectivity index (χ2n) is 3.27. The van der Waals surface area contributed by atoms with Gasteiger partial charge in [-0.1, -0.05) is 0 Å². The van der Waals surface area contributed by atoms with Gasteiger partial charge in [-0.3, -0.25) is 13.9 Å². The van der Waals surface area contributed by atoms with Crippen LogP contribution in [-0.2, 0) is 13.9 Å². The van der Waals surface area contributed by atoms with E-state index in [9.17, 15) is 14.2 Å². The minimum atomic E-state index is -5.30. The summed E-state index contributed by atoms with van der Waals surface area (Å²) in [6.45, 7) is 1.04. The quantitative estimate of drug-likeness (QED) is 0.213. The summed E-state index contributed by atoms with van der Waals surface area (Å²) in [6, 6.07) is 0. The fraction of sp³-hybridized carbons (Fsp3) is 0.833. The fourth-order valence-corrected chi connectivity index (χ4v) is 3.06. The summed E-state index contributed by atoms with van der Waals surface area (Å²) in [5, 5.41) is 13.3. The molecule has 0 aromatic rings. The Morgan fingerprint density at radius 3 is 1.58 bits per heavy atom. The topological polar surface area (TPSA) is 199 Å². The number of aliphatic hydroxyl groups is 1. The third kappa shape index (κ3) is 9.49. The second-order valence-corrected chi connectivity index (χ2v) is 7.28. The zero-order valence-corrected chi connectivity index (χ0v) is 11.3. The van der Waals surface area contributed by atoms with Crippen molar-refractivity contribution in [3.8, 4) is 0 Å². The maximum atomic E-state index is 10.7. The summed E-state index contributed by atoms with van der Waals surface area (Å²) in [7, 11) is -10.6. The molecule has 0 aliphatic carbocycles. The van der Waals surface area contributed by atoms with E-state index in [1.54, 1.807) is 0 Å². The van der Waals surface area contributed by atoms with E-state index < -0.39 is 32.7 Å². The second kappa shape index (κ2) is 9.81. The molecule has 0 heterocycles. The standard InChI is InChI=1S/C4H13NO7P2.C2H4O2.Ca.2H/c5-3-1-2-4(6,13(7,8)9)14(10,11)12;1-2(3)4;;;/h6H,1-3,5H2,(H2,7,8,9)(H2,10,11,12);1H3,(H,3,4);;;. The Kier molecular flexibility index (Phi) is 12.9. The van der Waals surface area contributed by atoms with Crippen molar-refractivity contribution >= 4 is 58.9 Å². The van der Waals surface area contributed by atoms with Crippen LogP contribution in [0.15, 0.2) is 0 Å². The van der Waals surface area contributed by atoms with Crippen LogP contribution in [0.2, 0.25) is 0 Å². The molecule has 0 aromatic heterocycles. The van der Waals surface area contributed by atoms with Crippen LogP contribution in [0, 0.1) is 0 Å². The van der Waals surface area contributed by atoms with E-state index in [0.717, 1.165) is 6.92 Å². The van der Waals surface area contributed by atoms with Gasteiger partial charge in [0.05, 0.1) is 0 Å². The molecule has 0 saturated carbocycles. The van der Waals surface area contributed by atoms with E-state index in [4.69, 9.17) is 35.2 Å². The first kappa shape index (κ1) is 24.9. The molecule has 0 aliphatic rings. The van der Waals surface area contributed by atoms with Crippen LogP contribution < -0.4 is 5.73 Å². The van der Waals surface area contributed by atoms with Gasteiger partial charge in [0.25, 0.3) is 11.1 Å². The zero-order chi connectivity index (χ0) is 15.2. The number of carbonyl (C=O) groups is 1. The molecule has 0 bridgehead atoms. The summed E-state index contributed by atoms with van der Waals surface area (Å²) in [6.07, 6.45) is -0.856. The van der Waals surface area contributed by atoms with Crippen molar-refractivity contribution in [3.05, 3.63) is 0 Å².